The number of nitrogens with zero attached hydrogens (tertiary/aromatic N) is 1. The lowest BCUT2D eigenvalue weighted by molar-refractivity contribution is -0.132. The zero-order chi connectivity index (χ0) is 16.9. The number of hydrogen-bond acceptors (Lipinski definition) is 2. The van der Waals surface area contributed by atoms with Crippen LogP contribution in [0.1, 0.15) is 36.0 Å². The summed E-state index contributed by atoms with van der Waals surface area (Å²) in [6.45, 7) is 2.78. The van der Waals surface area contributed by atoms with E-state index in [-0.39, 0.29) is 5.91 Å². The van der Waals surface area contributed by atoms with Crippen LogP contribution in [-0.4, -0.2) is 24.0 Å². The molecule has 3 nitrogen and oxygen atoms in total. The monoisotopic (exact) mass is 323 g/mol. The lowest BCUT2D eigenvalue weighted by Gasteiger charge is -2.23. The van der Waals surface area contributed by atoms with Gasteiger partial charge in [0.25, 0.3) is 0 Å². The van der Waals surface area contributed by atoms with Gasteiger partial charge in [0, 0.05) is 19.0 Å². The summed E-state index contributed by atoms with van der Waals surface area (Å²) in [5, 5.41) is 0. The lowest BCUT2D eigenvalue weighted by atomic mass is 10.1. The Morgan fingerprint density at radius 3 is 2.25 bits per heavy atom. The maximum atomic E-state index is 12.7. The summed E-state index contributed by atoms with van der Waals surface area (Å²) in [6, 6.07) is 16.9. The van der Waals surface area contributed by atoms with E-state index in [0.717, 1.165) is 30.6 Å². The van der Waals surface area contributed by atoms with Gasteiger partial charge in [0.15, 0.2) is 0 Å². The molecule has 1 fully saturated rings. The molecule has 0 heterocycles. The standard InChI is InChI=1S/C21H25NO2/c1-16-3-5-17(6-4-16)9-14-21(23)22(19-10-11-19)15-18-7-12-20(24-2)13-8-18/h3-8,12-13,19H,9-11,14-15H2,1-2H3. The van der Waals surface area contributed by atoms with E-state index >= 15 is 0 Å². The molecule has 3 rings (SSSR count). The molecule has 24 heavy (non-hydrogen) atoms. The van der Waals surface area contributed by atoms with Crippen molar-refractivity contribution in [1.82, 2.24) is 4.90 Å². The predicted molar refractivity (Wildman–Crippen MR) is 96.1 cm³/mol. The van der Waals surface area contributed by atoms with Gasteiger partial charge in [-0.2, -0.15) is 0 Å². The third-order valence-corrected chi connectivity index (χ3v) is 4.57. The summed E-state index contributed by atoms with van der Waals surface area (Å²) < 4.78 is 5.20. The highest BCUT2D eigenvalue weighted by atomic mass is 16.5. The van der Waals surface area contributed by atoms with Gasteiger partial charge in [0.05, 0.1) is 7.11 Å². The summed E-state index contributed by atoms with van der Waals surface area (Å²) in [7, 11) is 1.67. The van der Waals surface area contributed by atoms with Crippen molar-refractivity contribution in [3.63, 3.8) is 0 Å². The van der Waals surface area contributed by atoms with Crippen molar-refractivity contribution in [3.05, 3.63) is 65.2 Å². The minimum Gasteiger partial charge on any atom is -0.497 e. The number of methoxy groups -OCH3 is 1. The molecule has 0 atom stereocenters. The average molecular weight is 323 g/mol. The number of hydrogen-bond donors (Lipinski definition) is 0. The molecule has 1 aliphatic carbocycles. The Hall–Kier alpha value is -2.29. The third kappa shape index (κ3) is 4.38. The largest absolute Gasteiger partial charge is 0.497 e. The van der Waals surface area contributed by atoms with Crippen LogP contribution in [0.15, 0.2) is 48.5 Å². The van der Waals surface area contributed by atoms with Crippen molar-refractivity contribution in [1.29, 1.82) is 0 Å². The van der Waals surface area contributed by atoms with E-state index in [1.54, 1.807) is 7.11 Å². The van der Waals surface area contributed by atoms with Crippen molar-refractivity contribution < 1.29 is 9.53 Å². The number of ether oxygens (including phenoxy) is 1. The van der Waals surface area contributed by atoms with Crippen LogP contribution in [-0.2, 0) is 17.8 Å². The molecule has 0 bridgehead atoms. The Morgan fingerprint density at radius 1 is 1.04 bits per heavy atom. The first kappa shape index (κ1) is 16.6. The van der Waals surface area contributed by atoms with Gasteiger partial charge in [0.1, 0.15) is 5.75 Å². The van der Waals surface area contributed by atoms with E-state index < -0.39 is 0 Å². The molecule has 126 valence electrons. The molecule has 1 saturated carbocycles. The van der Waals surface area contributed by atoms with Crippen LogP contribution in [0.2, 0.25) is 0 Å². The van der Waals surface area contributed by atoms with Gasteiger partial charge < -0.3 is 9.64 Å². The quantitative estimate of drug-likeness (QED) is 0.767. The van der Waals surface area contributed by atoms with Crippen LogP contribution >= 0.6 is 0 Å². The highest BCUT2D eigenvalue weighted by Crippen LogP contribution is 2.29. The van der Waals surface area contributed by atoms with Crippen molar-refractivity contribution in [2.24, 2.45) is 0 Å². The Balaban J connectivity index is 1.59. The van der Waals surface area contributed by atoms with E-state index in [4.69, 9.17) is 4.74 Å². The van der Waals surface area contributed by atoms with E-state index in [9.17, 15) is 4.79 Å². The minimum absolute atomic E-state index is 0.258. The Kier molecular flexibility index (Phi) is 5.19. The fraction of sp³-hybridized carbons (Fsp3) is 0.381. The average Bonchev–Trinajstić information content (AvgIpc) is 3.44. The van der Waals surface area contributed by atoms with Gasteiger partial charge in [-0.25, -0.2) is 0 Å². The summed E-state index contributed by atoms with van der Waals surface area (Å²) in [6.07, 6.45) is 3.65. The number of amides is 1. The number of carbonyl (C=O) groups excluding carboxylic acids is 1. The Morgan fingerprint density at radius 2 is 1.67 bits per heavy atom. The smallest absolute Gasteiger partial charge is 0.223 e. The maximum Gasteiger partial charge on any atom is 0.223 e. The highest BCUT2D eigenvalue weighted by molar-refractivity contribution is 5.77. The fourth-order valence-corrected chi connectivity index (χ4v) is 2.88. The van der Waals surface area contributed by atoms with Crippen LogP contribution in [0.3, 0.4) is 0 Å². The normalized spacial score (nSPS) is 13.6. The molecular weight excluding hydrogens is 298 g/mol. The zero-order valence-corrected chi connectivity index (χ0v) is 14.5. The molecule has 0 aromatic heterocycles. The summed E-state index contributed by atoms with van der Waals surface area (Å²) in [5.41, 5.74) is 3.64. The first-order chi connectivity index (χ1) is 11.7. The molecule has 0 saturated heterocycles. The fourth-order valence-electron chi connectivity index (χ4n) is 2.88. The first-order valence-electron chi connectivity index (χ1n) is 8.63. The van der Waals surface area contributed by atoms with Crippen molar-refractivity contribution in [2.45, 2.75) is 45.2 Å². The molecule has 3 heteroatoms. The molecule has 0 N–H and O–H groups in total. The Bertz CT molecular complexity index is 672. The Labute approximate surface area is 144 Å². The lowest BCUT2D eigenvalue weighted by Crippen LogP contribution is -2.32. The third-order valence-electron chi connectivity index (χ3n) is 4.57. The van der Waals surface area contributed by atoms with Crippen LogP contribution in [0.25, 0.3) is 0 Å². The van der Waals surface area contributed by atoms with Gasteiger partial charge >= 0.3 is 0 Å². The van der Waals surface area contributed by atoms with Gasteiger partial charge in [-0.1, -0.05) is 42.0 Å². The number of rotatable bonds is 7. The zero-order valence-electron chi connectivity index (χ0n) is 14.5. The van der Waals surface area contributed by atoms with E-state index in [1.807, 2.05) is 24.3 Å². The second-order valence-corrected chi connectivity index (χ2v) is 6.59. The maximum absolute atomic E-state index is 12.7. The second kappa shape index (κ2) is 7.52. The predicted octanol–water partition coefficient (Wildman–Crippen LogP) is 4.13. The van der Waals surface area contributed by atoms with Crippen LogP contribution < -0.4 is 4.74 Å². The van der Waals surface area contributed by atoms with Crippen LogP contribution in [0.5, 0.6) is 5.75 Å². The number of carbonyl (C=O) groups is 1. The van der Waals surface area contributed by atoms with Gasteiger partial charge in [-0.3, -0.25) is 4.79 Å². The molecule has 0 unspecified atom stereocenters. The molecule has 0 aliphatic heterocycles. The molecule has 2 aromatic rings. The van der Waals surface area contributed by atoms with Crippen LogP contribution in [0, 0.1) is 6.92 Å². The van der Waals surface area contributed by atoms with E-state index in [1.165, 1.54) is 11.1 Å². The molecule has 0 spiro atoms. The molecule has 1 aliphatic rings. The van der Waals surface area contributed by atoms with Crippen molar-refractivity contribution in [3.8, 4) is 5.75 Å². The summed E-state index contributed by atoms with van der Waals surface area (Å²) >= 11 is 0. The SMILES string of the molecule is COc1ccc(CN(C(=O)CCc2ccc(C)cc2)C2CC2)cc1. The summed E-state index contributed by atoms with van der Waals surface area (Å²) in [5.74, 6) is 1.11. The number of aryl methyl sites for hydroxylation is 2. The molecule has 1 amide bonds. The van der Waals surface area contributed by atoms with Crippen molar-refractivity contribution in [2.75, 3.05) is 7.11 Å². The van der Waals surface area contributed by atoms with E-state index in [2.05, 4.69) is 36.1 Å². The first-order valence-corrected chi connectivity index (χ1v) is 8.63. The highest BCUT2D eigenvalue weighted by Gasteiger charge is 2.32. The summed E-state index contributed by atoms with van der Waals surface area (Å²) in [4.78, 5) is 14.7. The molecular formula is C21H25NO2. The van der Waals surface area contributed by atoms with E-state index in [0.29, 0.717) is 19.0 Å². The second-order valence-electron chi connectivity index (χ2n) is 6.59. The topological polar surface area (TPSA) is 29.5 Å². The van der Waals surface area contributed by atoms with Crippen molar-refractivity contribution >= 4 is 5.91 Å². The van der Waals surface area contributed by atoms with Gasteiger partial charge in [0.2, 0.25) is 5.91 Å². The van der Waals surface area contributed by atoms with Gasteiger partial charge in [-0.05, 0) is 49.4 Å². The van der Waals surface area contributed by atoms with Crippen LogP contribution in [0.4, 0.5) is 0 Å². The molecule has 2 aromatic carbocycles. The minimum atomic E-state index is 0.258. The molecule has 0 radical (unpaired) electrons. The number of benzene rings is 2. The van der Waals surface area contributed by atoms with Gasteiger partial charge in [-0.15, -0.1) is 0 Å².